The minimum Gasteiger partial charge on any atom is -0.487 e. The van der Waals surface area contributed by atoms with E-state index in [4.69, 9.17) is 9.15 Å². The molecule has 7 heteroatoms. The van der Waals surface area contributed by atoms with Crippen molar-refractivity contribution in [3.8, 4) is 17.1 Å². The molecule has 1 aliphatic heterocycles. The topological polar surface area (TPSA) is 55.6 Å². The van der Waals surface area contributed by atoms with E-state index >= 15 is 0 Å². The van der Waals surface area contributed by atoms with Crippen molar-refractivity contribution in [3.63, 3.8) is 0 Å². The number of halogens is 2. The van der Waals surface area contributed by atoms with Crippen LogP contribution >= 0.6 is 0 Å². The van der Waals surface area contributed by atoms with E-state index in [-0.39, 0.29) is 17.8 Å². The molecule has 31 heavy (non-hydrogen) atoms. The molecule has 1 aromatic heterocycles. The Kier molecular flexibility index (Phi) is 6.60. The van der Waals surface area contributed by atoms with Gasteiger partial charge in [0, 0.05) is 50.4 Å². The first-order valence-corrected chi connectivity index (χ1v) is 10.5. The van der Waals surface area contributed by atoms with E-state index in [0.717, 1.165) is 17.4 Å². The molecule has 4 rings (SSSR count). The fraction of sp³-hybridized carbons (Fsp3) is 0.333. The number of aromatic nitrogens is 1. The van der Waals surface area contributed by atoms with Gasteiger partial charge in [0.05, 0.1) is 6.20 Å². The molecule has 0 atom stereocenters. The Morgan fingerprint density at radius 1 is 1.13 bits per heavy atom. The van der Waals surface area contributed by atoms with Crippen LogP contribution in [-0.2, 0) is 11.2 Å². The van der Waals surface area contributed by atoms with Gasteiger partial charge in [0.2, 0.25) is 5.91 Å². The van der Waals surface area contributed by atoms with Crippen molar-refractivity contribution < 1.29 is 22.7 Å². The van der Waals surface area contributed by atoms with Crippen molar-refractivity contribution in [1.29, 1.82) is 0 Å². The van der Waals surface area contributed by atoms with Crippen LogP contribution in [0.3, 0.4) is 0 Å². The lowest BCUT2D eigenvalue weighted by Crippen LogP contribution is -2.41. The Morgan fingerprint density at radius 2 is 1.90 bits per heavy atom. The average molecular weight is 426 g/mol. The third-order valence-corrected chi connectivity index (χ3v) is 5.38. The molecule has 1 saturated heterocycles. The maximum absolute atomic E-state index is 13.7. The van der Waals surface area contributed by atoms with E-state index in [1.54, 1.807) is 6.20 Å². The molecule has 1 aliphatic rings. The summed E-state index contributed by atoms with van der Waals surface area (Å²) in [6, 6.07) is 13.0. The van der Waals surface area contributed by atoms with E-state index in [2.05, 4.69) is 4.98 Å². The van der Waals surface area contributed by atoms with Crippen molar-refractivity contribution in [2.75, 3.05) is 13.1 Å². The second kappa shape index (κ2) is 9.73. The van der Waals surface area contributed by atoms with Crippen LogP contribution in [0.5, 0.6) is 5.75 Å². The first-order valence-electron chi connectivity index (χ1n) is 10.5. The Balaban J connectivity index is 1.19. The van der Waals surface area contributed by atoms with E-state index in [0.29, 0.717) is 51.1 Å². The Morgan fingerprint density at radius 3 is 2.65 bits per heavy atom. The maximum Gasteiger partial charge on any atom is 0.222 e. The molecule has 0 spiro atoms. The highest BCUT2D eigenvalue weighted by Gasteiger charge is 2.24. The normalized spacial score (nSPS) is 14.6. The standard InChI is InChI=1S/C24H24F2N2O3/c25-18-9-10-21(20(26)15-18)30-19-11-13-28(14-12-19)24(29)8-4-7-23-27-16-22(31-23)17-5-2-1-3-6-17/h1-3,5-6,9-10,15-16,19H,4,7-8,11-14H2. The van der Waals surface area contributed by atoms with Crippen molar-refractivity contribution in [1.82, 2.24) is 9.88 Å². The third kappa shape index (κ3) is 5.48. The Labute approximate surface area is 179 Å². The van der Waals surface area contributed by atoms with Crippen LogP contribution in [0, 0.1) is 11.6 Å². The quantitative estimate of drug-likeness (QED) is 0.533. The molecule has 0 aliphatic carbocycles. The summed E-state index contributed by atoms with van der Waals surface area (Å²) in [7, 11) is 0. The highest BCUT2D eigenvalue weighted by Crippen LogP contribution is 2.24. The van der Waals surface area contributed by atoms with Crippen molar-refractivity contribution >= 4 is 5.91 Å². The minimum atomic E-state index is -0.708. The number of piperidine rings is 1. The lowest BCUT2D eigenvalue weighted by atomic mass is 10.1. The SMILES string of the molecule is O=C(CCCc1ncc(-c2ccccc2)o1)N1CCC(Oc2ccc(F)cc2F)CC1. The number of hydrogen-bond donors (Lipinski definition) is 0. The molecule has 0 unspecified atom stereocenters. The molecule has 3 aromatic rings. The number of likely N-dealkylation sites (tertiary alicyclic amines) is 1. The Hall–Kier alpha value is -3.22. The van der Waals surface area contributed by atoms with Crippen LogP contribution in [0.2, 0.25) is 0 Å². The van der Waals surface area contributed by atoms with E-state index in [1.165, 1.54) is 12.1 Å². The predicted octanol–water partition coefficient (Wildman–Crippen LogP) is 5.01. The molecule has 0 bridgehead atoms. The molecule has 2 aromatic carbocycles. The average Bonchev–Trinajstić information content (AvgIpc) is 3.26. The van der Waals surface area contributed by atoms with Crippen LogP contribution < -0.4 is 4.74 Å². The number of benzene rings is 2. The molecule has 1 fully saturated rings. The summed E-state index contributed by atoms with van der Waals surface area (Å²) in [5.74, 6) is 0.140. The van der Waals surface area contributed by atoms with E-state index in [9.17, 15) is 13.6 Å². The van der Waals surface area contributed by atoms with E-state index in [1.807, 2.05) is 35.2 Å². The van der Waals surface area contributed by atoms with Gasteiger partial charge in [-0.15, -0.1) is 0 Å². The molecule has 0 N–H and O–H groups in total. The molecule has 0 radical (unpaired) electrons. The van der Waals surface area contributed by atoms with Crippen molar-refractivity contribution in [2.45, 2.75) is 38.2 Å². The Bertz CT molecular complexity index is 1010. The van der Waals surface area contributed by atoms with Gasteiger partial charge in [0.15, 0.2) is 23.2 Å². The second-order valence-corrected chi connectivity index (χ2v) is 7.61. The van der Waals surface area contributed by atoms with Gasteiger partial charge in [0.1, 0.15) is 11.9 Å². The van der Waals surface area contributed by atoms with Gasteiger partial charge in [-0.2, -0.15) is 0 Å². The summed E-state index contributed by atoms with van der Waals surface area (Å²) < 4.78 is 38.2. The fourth-order valence-electron chi connectivity index (χ4n) is 3.68. The van der Waals surface area contributed by atoms with Crippen LogP contribution in [0.4, 0.5) is 8.78 Å². The number of nitrogens with zero attached hydrogens (tertiary/aromatic N) is 2. The molecular formula is C24H24F2N2O3. The number of aryl methyl sites for hydroxylation is 1. The lowest BCUT2D eigenvalue weighted by molar-refractivity contribution is -0.133. The number of carbonyl (C=O) groups excluding carboxylic acids is 1. The summed E-state index contributed by atoms with van der Waals surface area (Å²) in [6.45, 7) is 1.12. The summed E-state index contributed by atoms with van der Waals surface area (Å²) in [5, 5.41) is 0. The number of oxazole rings is 1. The zero-order chi connectivity index (χ0) is 21.6. The van der Waals surface area contributed by atoms with Gasteiger partial charge in [-0.3, -0.25) is 4.79 Å². The number of ether oxygens (including phenoxy) is 1. The highest BCUT2D eigenvalue weighted by molar-refractivity contribution is 5.76. The smallest absolute Gasteiger partial charge is 0.222 e. The number of rotatable bonds is 7. The first kappa shape index (κ1) is 21.0. The fourth-order valence-corrected chi connectivity index (χ4v) is 3.68. The van der Waals surface area contributed by atoms with Crippen LogP contribution in [0.25, 0.3) is 11.3 Å². The van der Waals surface area contributed by atoms with Gasteiger partial charge in [-0.1, -0.05) is 30.3 Å². The van der Waals surface area contributed by atoms with Crippen molar-refractivity contribution in [2.24, 2.45) is 0 Å². The van der Waals surface area contributed by atoms with Crippen molar-refractivity contribution in [3.05, 3.63) is 72.3 Å². The van der Waals surface area contributed by atoms with Gasteiger partial charge in [-0.25, -0.2) is 13.8 Å². The second-order valence-electron chi connectivity index (χ2n) is 7.61. The summed E-state index contributed by atoms with van der Waals surface area (Å²) in [5.41, 5.74) is 0.975. The molecule has 2 heterocycles. The predicted molar refractivity (Wildman–Crippen MR) is 111 cm³/mol. The number of amides is 1. The molecule has 5 nitrogen and oxygen atoms in total. The molecule has 0 saturated carbocycles. The van der Waals surface area contributed by atoms with Crippen LogP contribution in [0.1, 0.15) is 31.6 Å². The summed E-state index contributed by atoms with van der Waals surface area (Å²) in [6.07, 6.45) is 4.42. The first-order chi connectivity index (χ1) is 15.1. The number of hydrogen-bond acceptors (Lipinski definition) is 4. The van der Waals surface area contributed by atoms with Gasteiger partial charge < -0.3 is 14.1 Å². The minimum absolute atomic E-state index is 0.0481. The molecular weight excluding hydrogens is 402 g/mol. The third-order valence-electron chi connectivity index (χ3n) is 5.38. The van der Waals surface area contributed by atoms with Gasteiger partial charge >= 0.3 is 0 Å². The maximum atomic E-state index is 13.7. The monoisotopic (exact) mass is 426 g/mol. The van der Waals surface area contributed by atoms with Crippen LogP contribution in [0.15, 0.2) is 59.1 Å². The van der Waals surface area contributed by atoms with E-state index < -0.39 is 11.6 Å². The van der Waals surface area contributed by atoms with Crippen LogP contribution in [-0.4, -0.2) is 35.0 Å². The number of carbonyl (C=O) groups is 1. The zero-order valence-electron chi connectivity index (χ0n) is 17.1. The zero-order valence-corrected chi connectivity index (χ0v) is 17.1. The molecule has 1 amide bonds. The largest absolute Gasteiger partial charge is 0.487 e. The van der Waals surface area contributed by atoms with Gasteiger partial charge in [0.25, 0.3) is 0 Å². The van der Waals surface area contributed by atoms with Gasteiger partial charge in [-0.05, 0) is 18.6 Å². The molecule has 162 valence electrons. The lowest BCUT2D eigenvalue weighted by Gasteiger charge is -2.32. The summed E-state index contributed by atoms with van der Waals surface area (Å²) >= 11 is 0. The highest BCUT2D eigenvalue weighted by atomic mass is 19.1. The summed E-state index contributed by atoms with van der Waals surface area (Å²) in [4.78, 5) is 18.6.